The molecule has 2 aromatic carbocycles. The van der Waals surface area contributed by atoms with Gasteiger partial charge < -0.3 is 14.8 Å². The lowest BCUT2D eigenvalue weighted by molar-refractivity contribution is -0.114. The molecule has 0 unspecified atom stereocenters. The van der Waals surface area contributed by atoms with Crippen LogP contribution in [0.4, 0.5) is 11.4 Å². The number of anilines is 2. The van der Waals surface area contributed by atoms with Crippen LogP contribution in [0.1, 0.15) is 0 Å². The van der Waals surface area contributed by atoms with E-state index in [2.05, 4.69) is 21.2 Å². The molecule has 9 heteroatoms. The van der Waals surface area contributed by atoms with Crippen molar-refractivity contribution in [3.8, 4) is 11.5 Å². The largest absolute Gasteiger partial charge is 0.497 e. The maximum Gasteiger partial charge on any atom is 0.245 e. The van der Waals surface area contributed by atoms with Crippen molar-refractivity contribution in [1.29, 1.82) is 0 Å². The number of hydrogen-bond donors (Lipinski definition) is 1. The summed E-state index contributed by atoms with van der Waals surface area (Å²) in [5.74, 6) is 0.262. The Bertz CT molecular complexity index is 902. The highest BCUT2D eigenvalue weighted by molar-refractivity contribution is 9.10. The first kappa shape index (κ1) is 20.1. The fraction of sp³-hybridized carbons (Fsp3) is 0.235. The molecule has 0 spiro atoms. The standard InChI is InChI=1S/C17H19BrN2O5S/c1-24-12-8-9-16(25-2)15(10-12)20(26(3,22)23)11-17(21)19-14-7-5-4-6-13(14)18/h4-10H,11H2,1-3H3,(H,19,21). The summed E-state index contributed by atoms with van der Waals surface area (Å²) in [5, 5.41) is 2.68. The zero-order valence-corrected chi connectivity index (χ0v) is 16.9. The van der Waals surface area contributed by atoms with Crippen molar-refractivity contribution < 1.29 is 22.7 Å². The van der Waals surface area contributed by atoms with Crippen molar-refractivity contribution in [2.75, 3.05) is 36.6 Å². The monoisotopic (exact) mass is 442 g/mol. The Morgan fingerprint density at radius 2 is 1.85 bits per heavy atom. The summed E-state index contributed by atoms with van der Waals surface area (Å²) < 4.78 is 36.6. The minimum atomic E-state index is -3.75. The predicted octanol–water partition coefficient (Wildman–Crippen LogP) is 2.87. The van der Waals surface area contributed by atoms with Gasteiger partial charge >= 0.3 is 0 Å². The molecule has 0 saturated carbocycles. The highest BCUT2D eigenvalue weighted by Crippen LogP contribution is 2.33. The molecule has 0 fully saturated rings. The van der Waals surface area contributed by atoms with Crippen LogP contribution < -0.4 is 19.1 Å². The second kappa shape index (κ2) is 8.41. The zero-order chi connectivity index (χ0) is 19.3. The smallest absolute Gasteiger partial charge is 0.245 e. The summed E-state index contributed by atoms with van der Waals surface area (Å²) in [6.07, 6.45) is 1.03. The van der Waals surface area contributed by atoms with Crippen molar-refractivity contribution in [2.24, 2.45) is 0 Å². The number of para-hydroxylation sites is 1. The SMILES string of the molecule is COc1ccc(OC)c(N(CC(=O)Nc2ccccc2Br)S(C)(=O)=O)c1. The molecule has 0 bridgehead atoms. The average Bonchev–Trinajstić information content (AvgIpc) is 2.60. The molecule has 1 N–H and O–H groups in total. The minimum Gasteiger partial charge on any atom is -0.497 e. The van der Waals surface area contributed by atoms with E-state index in [0.29, 0.717) is 21.7 Å². The average molecular weight is 443 g/mol. The first-order valence-electron chi connectivity index (χ1n) is 7.50. The van der Waals surface area contributed by atoms with Crippen LogP contribution in [0.15, 0.2) is 46.9 Å². The quantitative estimate of drug-likeness (QED) is 0.712. The van der Waals surface area contributed by atoms with Gasteiger partial charge in [-0.25, -0.2) is 8.42 Å². The van der Waals surface area contributed by atoms with Gasteiger partial charge in [-0.2, -0.15) is 0 Å². The minimum absolute atomic E-state index is 0.219. The van der Waals surface area contributed by atoms with Crippen LogP contribution in [-0.4, -0.2) is 41.3 Å². The molecule has 0 atom stereocenters. The number of carbonyl (C=O) groups is 1. The van der Waals surface area contributed by atoms with E-state index in [-0.39, 0.29) is 5.69 Å². The molecule has 26 heavy (non-hydrogen) atoms. The first-order valence-corrected chi connectivity index (χ1v) is 10.1. The van der Waals surface area contributed by atoms with E-state index in [1.54, 1.807) is 30.3 Å². The van der Waals surface area contributed by atoms with Crippen molar-refractivity contribution in [3.05, 3.63) is 46.9 Å². The first-order chi connectivity index (χ1) is 12.3. The molecule has 2 aromatic rings. The van der Waals surface area contributed by atoms with Crippen molar-refractivity contribution in [2.45, 2.75) is 0 Å². The molecule has 0 heterocycles. The van der Waals surface area contributed by atoms with Crippen LogP contribution in [0, 0.1) is 0 Å². The fourth-order valence-corrected chi connectivity index (χ4v) is 3.49. The summed E-state index contributed by atoms with van der Waals surface area (Å²) in [6, 6.07) is 11.8. The van der Waals surface area contributed by atoms with E-state index < -0.39 is 22.5 Å². The number of amides is 1. The molecule has 7 nitrogen and oxygen atoms in total. The highest BCUT2D eigenvalue weighted by Gasteiger charge is 2.25. The van der Waals surface area contributed by atoms with Crippen molar-refractivity contribution in [3.63, 3.8) is 0 Å². The number of hydrogen-bond acceptors (Lipinski definition) is 5. The lowest BCUT2D eigenvalue weighted by Gasteiger charge is -2.24. The number of sulfonamides is 1. The Kier molecular flexibility index (Phi) is 6.49. The van der Waals surface area contributed by atoms with Gasteiger partial charge in [0.1, 0.15) is 18.0 Å². The van der Waals surface area contributed by atoms with Crippen LogP contribution in [0.3, 0.4) is 0 Å². The van der Waals surface area contributed by atoms with Crippen LogP contribution in [0.2, 0.25) is 0 Å². The molecule has 0 saturated heterocycles. The van der Waals surface area contributed by atoms with E-state index in [0.717, 1.165) is 10.6 Å². The third-order valence-electron chi connectivity index (χ3n) is 3.49. The Morgan fingerprint density at radius 1 is 1.15 bits per heavy atom. The van der Waals surface area contributed by atoms with Gasteiger partial charge in [0.25, 0.3) is 0 Å². The Labute approximate surface area is 161 Å². The molecule has 1 amide bonds. The molecule has 0 aliphatic heterocycles. The summed E-state index contributed by atoms with van der Waals surface area (Å²) in [7, 11) is -0.856. The molecular formula is C17H19BrN2O5S. The molecule has 140 valence electrons. The highest BCUT2D eigenvalue weighted by atomic mass is 79.9. The number of ether oxygens (including phenoxy) is 2. The molecule has 2 rings (SSSR count). The zero-order valence-electron chi connectivity index (χ0n) is 14.5. The van der Waals surface area contributed by atoms with E-state index in [4.69, 9.17) is 9.47 Å². The number of benzene rings is 2. The summed E-state index contributed by atoms with van der Waals surface area (Å²) in [6.45, 7) is -0.413. The lowest BCUT2D eigenvalue weighted by atomic mass is 10.2. The van der Waals surface area contributed by atoms with Crippen molar-refractivity contribution >= 4 is 43.2 Å². The van der Waals surface area contributed by atoms with E-state index in [9.17, 15) is 13.2 Å². The third kappa shape index (κ3) is 4.89. The number of halogens is 1. The second-order valence-corrected chi connectivity index (χ2v) is 8.10. The van der Waals surface area contributed by atoms with Crippen LogP contribution in [0.25, 0.3) is 0 Å². The van der Waals surface area contributed by atoms with Gasteiger partial charge in [-0.1, -0.05) is 12.1 Å². The van der Waals surface area contributed by atoms with Crippen LogP contribution in [0.5, 0.6) is 11.5 Å². The van der Waals surface area contributed by atoms with Gasteiger partial charge in [0.05, 0.1) is 31.9 Å². The Hall–Kier alpha value is -2.26. The summed E-state index contributed by atoms with van der Waals surface area (Å²) in [4.78, 5) is 12.4. The van der Waals surface area contributed by atoms with E-state index in [1.165, 1.54) is 20.3 Å². The number of methoxy groups -OCH3 is 2. The van der Waals surface area contributed by atoms with Gasteiger partial charge in [-0.3, -0.25) is 9.10 Å². The third-order valence-corrected chi connectivity index (χ3v) is 5.31. The van der Waals surface area contributed by atoms with E-state index in [1.807, 2.05) is 6.07 Å². The predicted molar refractivity (Wildman–Crippen MR) is 105 cm³/mol. The normalized spacial score (nSPS) is 10.9. The number of rotatable bonds is 7. The maximum absolute atomic E-state index is 12.4. The van der Waals surface area contributed by atoms with Gasteiger partial charge in [-0.05, 0) is 40.2 Å². The van der Waals surface area contributed by atoms with Gasteiger partial charge in [0.2, 0.25) is 15.9 Å². The second-order valence-electron chi connectivity index (χ2n) is 5.34. The van der Waals surface area contributed by atoms with E-state index >= 15 is 0 Å². The molecular weight excluding hydrogens is 424 g/mol. The summed E-state index contributed by atoms with van der Waals surface area (Å²) >= 11 is 3.33. The lowest BCUT2D eigenvalue weighted by Crippen LogP contribution is -2.37. The molecule has 0 aliphatic rings. The molecule has 0 aliphatic carbocycles. The summed E-state index contributed by atoms with van der Waals surface area (Å²) in [5.41, 5.74) is 0.764. The topological polar surface area (TPSA) is 84.9 Å². The number of carbonyl (C=O) groups excluding carboxylic acids is 1. The van der Waals surface area contributed by atoms with Gasteiger partial charge in [-0.15, -0.1) is 0 Å². The molecule has 0 radical (unpaired) electrons. The van der Waals surface area contributed by atoms with Gasteiger partial charge in [0, 0.05) is 10.5 Å². The van der Waals surface area contributed by atoms with Crippen LogP contribution in [-0.2, 0) is 14.8 Å². The van der Waals surface area contributed by atoms with Crippen LogP contribution >= 0.6 is 15.9 Å². The van der Waals surface area contributed by atoms with Gasteiger partial charge in [0.15, 0.2) is 0 Å². The number of nitrogens with one attached hydrogen (secondary N) is 1. The Morgan fingerprint density at radius 3 is 2.42 bits per heavy atom. The van der Waals surface area contributed by atoms with Crippen molar-refractivity contribution in [1.82, 2.24) is 0 Å². The Balaban J connectivity index is 2.35. The fourth-order valence-electron chi connectivity index (χ4n) is 2.26. The maximum atomic E-state index is 12.4. The molecule has 0 aromatic heterocycles. The number of nitrogens with zero attached hydrogens (tertiary/aromatic N) is 1.